The molecule has 0 heterocycles. The van der Waals surface area contributed by atoms with E-state index in [0.29, 0.717) is 16.5 Å². The van der Waals surface area contributed by atoms with Gasteiger partial charge in [0.1, 0.15) is 5.75 Å². The van der Waals surface area contributed by atoms with Crippen LogP contribution in [0.25, 0.3) is 10.8 Å². The van der Waals surface area contributed by atoms with Gasteiger partial charge >= 0.3 is 0 Å². The van der Waals surface area contributed by atoms with Gasteiger partial charge in [-0.25, -0.2) is 4.21 Å². The molecule has 0 radical (unpaired) electrons. The van der Waals surface area contributed by atoms with E-state index in [4.69, 9.17) is 10.3 Å². The Morgan fingerprint density at radius 2 is 1.93 bits per heavy atom. The lowest BCUT2D eigenvalue weighted by molar-refractivity contribution is 0.479. The molecule has 15 heavy (non-hydrogen) atoms. The van der Waals surface area contributed by atoms with Gasteiger partial charge in [-0.05, 0) is 35.7 Å². The summed E-state index contributed by atoms with van der Waals surface area (Å²) >= 11 is -2.10. The van der Waals surface area contributed by atoms with Crippen LogP contribution in [0.3, 0.4) is 0 Å². The van der Waals surface area contributed by atoms with Crippen LogP contribution in [-0.2, 0) is 11.1 Å². The Morgan fingerprint density at radius 1 is 1.20 bits per heavy atom. The minimum Gasteiger partial charge on any atom is -0.507 e. The lowest BCUT2D eigenvalue weighted by Gasteiger charge is -2.04. The van der Waals surface area contributed by atoms with E-state index in [1.165, 1.54) is 12.1 Å². The van der Waals surface area contributed by atoms with Crippen LogP contribution in [-0.4, -0.2) is 13.9 Å². The molecule has 0 aliphatic carbocycles. The van der Waals surface area contributed by atoms with E-state index >= 15 is 0 Å². The van der Waals surface area contributed by atoms with Crippen molar-refractivity contribution in [3.8, 4) is 5.75 Å². The highest BCUT2D eigenvalue weighted by Gasteiger charge is 2.06. The number of phenolic OH excluding ortho intramolecular Hbond substituents is 1. The van der Waals surface area contributed by atoms with Gasteiger partial charge in [0.15, 0.2) is 11.1 Å². The number of nitrogen functional groups attached to an aromatic ring is 1. The summed E-state index contributed by atoms with van der Waals surface area (Å²) in [6.07, 6.45) is 0. The third-order valence-corrected chi connectivity index (χ3v) is 2.77. The molecular weight excluding hydrogens is 214 g/mol. The first-order valence-electron chi connectivity index (χ1n) is 4.21. The van der Waals surface area contributed by atoms with E-state index in [-0.39, 0.29) is 10.6 Å². The summed E-state index contributed by atoms with van der Waals surface area (Å²) in [7, 11) is 0. The van der Waals surface area contributed by atoms with Crippen molar-refractivity contribution in [1.29, 1.82) is 0 Å². The van der Waals surface area contributed by atoms with Gasteiger partial charge in [-0.2, -0.15) is 0 Å². The molecule has 78 valence electrons. The van der Waals surface area contributed by atoms with Crippen LogP contribution in [0, 0.1) is 0 Å². The highest BCUT2D eigenvalue weighted by molar-refractivity contribution is 7.79. The Kier molecular flexibility index (Phi) is 2.34. The second-order valence-corrected chi connectivity index (χ2v) is 4.14. The highest BCUT2D eigenvalue weighted by Crippen LogP contribution is 2.28. The van der Waals surface area contributed by atoms with Crippen molar-refractivity contribution < 1.29 is 13.9 Å². The Hall–Kier alpha value is -1.59. The summed E-state index contributed by atoms with van der Waals surface area (Å²) in [5, 5.41) is 10.9. The second kappa shape index (κ2) is 3.52. The minimum absolute atomic E-state index is 0.0232. The first-order valence-corrected chi connectivity index (χ1v) is 5.32. The zero-order valence-electron chi connectivity index (χ0n) is 7.68. The first kappa shape index (κ1) is 9.95. The van der Waals surface area contributed by atoms with Gasteiger partial charge in [0, 0.05) is 11.1 Å². The molecule has 0 spiro atoms. The van der Waals surface area contributed by atoms with Crippen molar-refractivity contribution in [2.24, 2.45) is 0 Å². The van der Waals surface area contributed by atoms with Crippen LogP contribution in [0.5, 0.6) is 5.75 Å². The third-order valence-electron chi connectivity index (χ3n) is 2.13. The van der Waals surface area contributed by atoms with Crippen molar-refractivity contribution in [1.82, 2.24) is 0 Å². The van der Waals surface area contributed by atoms with Gasteiger partial charge in [0.2, 0.25) is 0 Å². The zero-order chi connectivity index (χ0) is 11.0. The molecule has 0 saturated heterocycles. The number of phenols is 1. The summed E-state index contributed by atoms with van der Waals surface area (Å²) in [6.45, 7) is 0. The van der Waals surface area contributed by atoms with Crippen molar-refractivity contribution in [3.05, 3.63) is 30.3 Å². The Balaban J connectivity index is 2.79. The number of anilines is 1. The zero-order valence-corrected chi connectivity index (χ0v) is 8.49. The largest absolute Gasteiger partial charge is 0.507 e. The average molecular weight is 223 g/mol. The molecule has 5 heteroatoms. The predicted molar refractivity (Wildman–Crippen MR) is 59.1 cm³/mol. The minimum atomic E-state index is -2.10. The molecule has 1 atom stereocenters. The van der Waals surface area contributed by atoms with Crippen molar-refractivity contribution >= 4 is 27.5 Å². The van der Waals surface area contributed by atoms with Gasteiger partial charge in [-0.1, -0.05) is 0 Å². The van der Waals surface area contributed by atoms with E-state index in [1.807, 2.05) is 0 Å². The Morgan fingerprint density at radius 3 is 2.60 bits per heavy atom. The van der Waals surface area contributed by atoms with Gasteiger partial charge in [-0.15, -0.1) is 0 Å². The average Bonchev–Trinajstić information content (AvgIpc) is 2.16. The van der Waals surface area contributed by atoms with Gasteiger partial charge in [0.25, 0.3) is 0 Å². The molecule has 0 bridgehead atoms. The van der Waals surface area contributed by atoms with E-state index in [2.05, 4.69) is 0 Å². The molecule has 4 nitrogen and oxygen atoms in total. The van der Waals surface area contributed by atoms with Crippen LogP contribution < -0.4 is 5.73 Å². The summed E-state index contributed by atoms with van der Waals surface area (Å²) in [5.74, 6) is -0.0232. The fourth-order valence-electron chi connectivity index (χ4n) is 1.44. The fourth-order valence-corrected chi connectivity index (χ4v) is 1.88. The van der Waals surface area contributed by atoms with Crippen LogP contribution in [0.2, 0.25) is 0 Å². The number of rotatable bonds is 1. The lowest BCUT2D eigenvalue weighted by atomic mass is 10.1. The van der Waals surface area contributed by atoms with E-state index in [9.17, 15) is 9.32 Å². The van der Waals surface area contributed by atoms with Crippen LogP contribution in [0.1, 0.15) is 0 Å². The van der Waals surface area contributed by atoms with E-state index in [1.54, 1.807) is 18.2 Å². The predicted octanol–water partition coefficient (Wildman–Crippen LogP) is 1.71. The second-order valence-electron chi connectivity index (χ2n) is 3.17. The number of fused-ring (bicyclic) bond motifs is 1. The summed E-state index contributed by atoms with van der Waals surface area (Å²) in [5.41, 5.74) is 6.12. The summed E-state index contributed by atoms with van der Waals surface area (Å²) < 4.78 is 19.8. The fraction of sp³-hybridized carbons (Fsp3) is 0. The maximum absolute atomic E-state index is 10.9. The van der Waals surface area contributed by atoms with E-state index < -0.39 is 11.1 Å². The lowest BCUT2D eigenvalue weighted by Crippen LogP contribution is -1.89. The summed E-state index contributed by atoms with van der Waals surface area (Å²) in [4.78, 5) is 0.158. The van der Waals surface area contributed by atoms with Crippen LogP contribution in [0.15, 0.2) is 35.2 Å². The van der Waals surface area contributed by atoms with Crippen LogP contribution in [0.4, 0.5) is 5.69 Å². The maximum Gasteiger partial charge on any atom is 0.186 e. The first-order chi connectivity index (χ1) is 7.08. The van der Waals surface area contributed by atoms with Gasteiger partial charge in [-0.3, -0.25) is 0 Å². The molecule has 2 rings (SSSR count). The third kappa shape index (κ3) is 1.79. The monoisotopic (exact) mass is 223 g/mol. The SMILES string of the molecule is Nc1ccc2c(O)cc(S(=O)O)cc2c1. The number of benzene rings is 2. The topological polar surface area (TPSA) is 83.5 Å². The Labute approximate surface area is 88.6 Å². The normalized spacial score (nSPS) is 12.9. The summed E-state index contributed by atoms with van der Waals surface area (Å²) in [6, 6.07) is 7.78. The van der Waals surface area contributed by atoms with Gasteiger partial charge < -0.3 is 15.4 Å². The molecule has 0 aromatic heterocycles. The molecule has 0 fully saturated rings. The number of hydrogen-bond donors (Lipinski definition) is 3. The molecule has 1 unspecified atom stereocenters. The molecule has 2 aromatic rings. The molecule has 0 aliphatic heterocycles. The van der Waals surface area contributed by atoms with Gasteiger partial charge in [0.05, 0.1) is 4.90 Å². The molecule has 4 N–H and O–H groups in total. The standard InChI is InChI=1S/C10H9NO3S/c11-7-1-2-9-6(3-7)4-8(15(13)14)5-10(9)12/h1-5,12H,11H2,(H,13,14). The number of hydrogen-bond acceptors (Lipinski definition) is 3. The highest BCUT2D eigenvalue weighted by atomic mass is 32.2. The van der Waals surface area contributed by atoms with Crippen molar-refractivity contribution in [2.45, 2.75) is 4.90 Å². The molecular formula is C10H9NO3S. The smallest absolute Gasteiger partial charge is 0.186 e. The van der Waals surface area contributed by atoms with Crippen molar-refractivity contribution in [2.75, 3.05) is 5.73 Å². The quantitative estimate of drug-likeness (QED) is 0.507. The van der Waals surface area contributed by atoms with E-state index in [0.717, 1.165) is 0 Å². The Bertz CT molecular complexity index is 554. The van der Waals surface area contributed by atoms with Crippen molar-refractivity contribution in [3.63, 3.8) is 0 Å². The molecule has 0 saturated carbocycles. The number of nitrogens with two attached hydrogens (primary N) is 1. The molecule has 0 aliphatic rings. The number of aromatic hydroxyl groups is 1. The molecule has 2 aromatic carbocycles. The maximum atomic E-state index is 10.9. The van der Waals surface area contributed by atoms with Crippen LogP contribution >= 0.6 is 0 Å². The molecule has 0 amide bonds.